The topological polar surface area (TPSA) is 41.6 Å². The van der Waals surface area contributed by atoms with Crippen molar-refractivity contribution in [3.05, 3.63) is 49.1 Å². The molecule has 4 heteroatoms. The van der Waals surface area contributed by atoms with Gasteiger partial charge in [0.25, 0.3) is 0 Å². The third-order valence-electron chi connectivity index (χ3n) is 0.879. The summed E-state index contributed by atoms with van der Waals surface area (Å²) in [5.74, 6) is 0. The summed E-state index contributed by atoms with van der Waals surface area (Å²) < 4.78 is 0. The Balaban J connectivity index is 0.000000189. The maximum absolute atomic E-state index is 3.66. The number of nitrogens with zero attached hydrogens (tertiary/aromatic N) is 2. The summed E-state index contributed by atoms with van der Waals surface area (Å²) in [6, 6.07) is 7.21. The molecule has 0 fully saturated rings. The Hall–Kier alpha value is -1.11. The van der Waals surface area contributed by atoms with Gasteiger partial charge in [0.1, 0.15) is 0 Å². The van der Waals surface area contributed by atoms with Gasteiger partial charge in [0, 0.05) is 0 Å². The molecule has 0 saturated carbocycles. The first-order valence-electron chi connectivity index (χ1n) is 3.13. The molecule has 0 saturated heterocycles. The van der Waals surface area contributed by atoms with E-state index < -0.39 is 0 Å². The number of pyridine rings is 1. The van der Waals surface area contributed by atoms with Crippen molar-refractivity contribution in [3.8, 4) is 0 Å². The van der Waals surface area contributed by atoms with Crippen molar-refractivity contribution in [3.63, 3.8) is 0 Å². The molecule has 0 atom stereocenters. The van der Waals surface area contributed by atoms with Crippen LogP contribution in [0.25, 0.3) is 0 Å². The van der Waals surface area contributed by atoms with Crippen molar-refractivity contribution in [1.29, 1.82) is 0 Å². The van der Waals surface area contributed by atoms with Crippen LogP contribution in [0.1, 0.15) is 0 Å². The van der Waals surface area contributed by atoms with E-state index in [-0.39, 0.29) is 17.4 Å². The molecule has 0 bridgehead atoms. The third-order valence-corrected chi connectivity index (χ3v) is 0.879. The van der Waals surface area contributed by atoms with Crippen molar-refractivity contribution in [2.75, 3.05) is 0 Å². The van der Waals surface area contributed by atoms with E-state index in [0.29, 0.717) is 0 Å². The molecule has 2 heterocycles. The fourth-order valence-electron chi connectivity index (χ4n) is 0.464. The molecule has 0 aromatic carbocycles. The first-order valence-corrected chi connectivity index (χ1v) is 3.13. The molecule has 0 unspecified atom stereocenters. The van der Waals surface area contributed by atoms with Crippen molar-refractivity contribution in [2.45, 2.75) is 0 Å². The molecule has 0 aliphatic carbocycles. The predicted molar refractivity (Wildman–Crippen MR) is 40.5 cm³/mol. The van der Waals surface area contributed by atoms with Crippen molar-refractivity contribution >= 4 is 0 Å². The zero-order valence-electron chi connectivity index (χ0n) is 6.27. The number of rotatable bonds is 0. The Labute approximate surface area is 82.0 Å². The molecule has 2 aromatic rings. The summed E-state index contributed by atoms with van der Waals surface area (Å²) in [5.41, 5.74) is 0. The Morgan fingerprint density at radius 1 is 1.08 bits per heavy atom. The average Bonchev–Trinajstić information content (AvgIpc) is 2.64. The summed E-state index contributed by atoms with van der Waals surface area (Å²) >= 11 is 0. The molecule has 1 N–H and O–H groups in total. The van der Waals surface area contributed by atoms with Crippen LogP contribution < -0.4 is 0 Å². The summed E-state index contributed by atoms with van der Waals surface area (Å²) in [6.45, 7) is 0. The largest absolute Gasteiger partial charge is 2.00 e. The molecule has 3 nitrogen and oxygen atoms in total. The molecular weight excluding hydrogens is 190 g/mol. The molecular formula is C8H7CrN3. The summed E-state index contributed by atoms with van der Waals surface area (Å²) in [7, 11) is 0. The minimum atomic E-state index is 0. The van der Waals surface area contributed by atoms with Gasteiger partial charge in [0.05, 0.1) is 0 Å². The molecule has 60 valence electrons. The molecule has 0 amide bonds. The van der Waals surface area contributed by atoms with E-state index in [2.05, 4.69) is 27.6 Å². The molecule has 2 aromatic heterocycles. The number of nitrogens with one attached hydrogen (secondary N) is 1. The first kappa shape index (κ1) is 10.9. The Morgan fingerprint density at radius 3 is 2.17 bits per heavy atom. The molecule has 0 aliphatic heterocycles. The molecule has 2 rings (SSSR count). The summed E-state index contributed by atoms with van der Waals surface area (Å²) in [6.07, 6.45) is 8.60. The van der Waals surface area contributed by atoms with Gasteiger partial charge in [0.15, 0.2) is 0 Å². The number of aromatic amines is 1. The fourth-order valence-corrected chi connectivity index (χ4v) is 0.464. The zero-order valence-corrected chi connectivity index (χ0v) is 7.54. The zero-order chi connectivity index (χ0) is 7.78. The van der Waals surface area contributed by atoms with Crippen molar-refractivity contribution < 1.29 is 17.4 Å². The quantitative estimate of drug-likeness (QED) is 0.642. The standard InChI is InChI=1S/C5H4N.C3H3N2.Cr/c1-2-4-6-5-3-1;1-2-4-5-3-1;/h1-4H;1-2H,(H,4,5);/q2*-1;+2. The average molecular weight is 197 g/mol. The van der Waals surface area contributed by atoms with E-state index in [1.165, 1.54) is 0 Å². The van der Waals surface area contributed by atoms with Gasteiger partial charge >= 0.3 is 17.4 Å². The number of hydrogen-bond acceptors (Lipinski definition) is 2. The van der Waals surface area contributed by atoms with Crippen LogP contribution in [0.15, 0.2) is 36.7 Å². The maximum atomic E-state index is 3.66. The van der Waals surface area contributed by atoms with E-state index in [0.717, 1.165) is 0 Å². The smallest absolute Gasteiger partial charge is 0.394 e. The van der Waals surface area contributed by atoms with Gasteiger partial charge < -0.3 is 15.2 Å². The van der Waals surface area contributed by atoms with Crippen LogP contribution in [0.3, 0.4) is 0 Å². The van der Waals surface area contributed by atoms with Crippen LogP contribution in [0.4, 0.5) is 0 Å². The van der Waals surface area contributed by atoms with Gasteiger partial charge in [-0.15, -0.1) is 12.4 Å². The SMILES string of the molecule is [Cr+2].[c-]1cc[nH]n1.[c-]1ccccn1. The fraction of sp³-hybridized carbons (Fsp3) is 0. The van der Waals surface area contributed by atoms with Crippen molar-refractivity contribution in [2.24, 2.45) is 0 Å². The van der Waals surface area contributed by atoms with E-state index in [1.54, 1.807) is 24.5 Å². The van der Waals surface area contributed by atoms with Gasteiger partial charge in [-0.2, -0.15) is 24.3 Å². The van der Waals surface area contributed by atoms with Crippen LogP contribution >= 0.6 is 0 Å². The van der Waals surface area contributed by atoms with E-state index >= 15 is 0 Å². The Kier molecular flexibility index (Phi) is 7.26. The second-order valence-corrected chi connectivity index (χ2v) is 1.66. The summed E-state index contributed by atoms with van der Waals surface area (Å²) in [5, 5.41) is 6.03. The Morgan fingerprint density at radius 2 is 2.00 bits per heavy atom. The molecule has 12 heavy (non-hydrogen) atoms. The van der Waals surface area contributed by atoms with Gasteiger partial charge in [0.2, 0.25) is 0 Å². The second-order valence-electron chi connectivity index (χ2n) is 1.66. The van der Waals surface area contributed by atoms with Gasteiger partial charge in [-0.3, -0.25) is 0 Å². The van der Waals surface area contributed by atoms with Gasteiger partial charge in [-0.05, 0) is 0 Å². The summed E-state index contributed by atoms with van der Waals surface area (Å²) in [4.78, 5) is 3.66. The number of hydrogen-bond donors (Lipinski definition) is 1. The monoisotopic (exact) mass is 197 g/mol. The predicted octanol–water partition coefficient (Wildman–Crippen LogP) is 1.09. The van der Waals surface area contributed by atoms with Crippen LogP contribution in [-0.4, -0.2) is 15.2 Å². The first-order chi connectivity index (χ1) is 5.50. The van der Waals surface area contributed by atoms with Crippen LogP contribution in [0.2, 0.25) is 0 Å². The van der Waals surface area contributed by atoms with Crippen LogP contribution in [0.5, 0.6) is 0 Å². The third kappa shape index (κ3) is 5.66. The van der Waals surface area contributed by atoms with Crippen LogP contribution in [0, 0.1) is 12.4 Å². The Bertz CT molecular complexity index is 200. The molecule has 0 radical (unpaired) electrons. The normalized spacial score (nSPS) is 7.33. The van der Waals surface area contributed by atoms with E-state index in [1.807, 2.05) is 12.1 Å². The minimum absolute atomic E-state index is 0. The number of H-pyrrole nitrogens is 1. The maximum Gasteiger partial charge on any atom is 2.00 e. The molecule has 0 spiro atoms. The van der Waals surface area contributed by atoms with Gasteiger partial charge in [-0.25, -0.2) is 0 Å². The van der Waals surface area contributed by atoms with Crippen LogP contribution in [-0.2, 0) is 17.4 Å². The minimum Gasteiger partial charge on any atom is -0.394 e. The van der Waals surface area contributed by atoms with Crippen molar-refractivity contribution in [1.82, 2.24) is 15.2 Å². The van der Waals surface area contributed by atoms with Gasteiger partial charge in [-0.1, -0.05) is 12.4 Å². The molecule has 0 aliphatic rings. The second kappa shape index (κ2) is 7.99. The van der Waals surface area contributed by atoms with E-state index in [9.17, 15) is 0 Å². The van der Waals surface area contributed by atoms with E-state index in [4.69, 9.17) is 0 Å². The number of aromatic nitrogens is 3.